The zero-order valence-corrected chi connectivity index (χ0v) is 14.5. The fourth-order valence-corrected chi connectivity index (χ4v) is 5.01. The molecule has 17 heavy (non-hydrogen) atoms. The van der Waals surface area contributed by atoms with Gasteiger partial charge in [-0.3, -0.25) is 9.80 Å². The third-order valence-electron chi connectivity index (χ3n) is 4.67. The lowest BCUT2D eigenvalue weighted by Gasteiger charge is -2.37. The molecule has 2 bridgehead atoms. The number of hydrogen-bond donors (Lipinski definition) is 0. The maximum absolute atomic E-state index is 2.79. The minimum Gasteiger partial charge on any atom is -0.297 e. The lowest BCUT2D eigenvalue weighted by atomic mass is 9.97. The monoisotopic (exact) mass is 461 g/mol. The number of piperidine rings is 1. The molecular weight excluding hydrogens is 440 g/mol. The van der Waals surface area contributed by atoms with Crippen LogP contribution in [0.5, 0.6) is 0 Å². The Balaban J connectivity index is 1.48. The van der Waals surface area contributed by atoms with Gasteiger partial charge in [0.1, 0.15) is 0 Å². The van der Waals surface area contributed by atoms with Crippen LogP contribution in [0.3, 0.4) is 0 Å². The molecule has 3 rings (SSSR count). The highest BCUT2D eigenvalue weighted by atomic mass is 127. The Hall–Kier alpha value is 1.34. The molecule has 0 unspecified atom stereocenters. The Labute approximate surface area is 132 Å². The predicted octanol–water partition coefficient (Wildman–Crippen LogP) is 2.20. The first-order valence-electron chi connectivity index (χ1n) is 6.71. The van der Waals surface area contributed by atoms with E-state index in [1.807, 2.05) is 0 Å². The fraction of sp³-hybridized carbons (Fsp3) is 1.00. The third kappa shape index (κ3) is 2.93. The second kappa shape index (κ2) is 5.76. The smallest absolute Gasteiger partial charge is 0.0509 e. The van der Waals surface area contributed by atoms with Gasteiger partial charge in [-0.05, 0) is 25.2 Å². The van der Waals surface area contributed by atoms with E-state index in [4.69, 9.17) is 0 Å². The van der Waals surface area contributed by atoms with Gasteiger partial charge in [0.25, 0.3) is 0 Å². The Morgan fingerprint density at radius 2 is 1.65 bits per heavy atom. The number of rotatable bonds is 3. The topological polar surface area (TPSA) is 9.72 Å². The van der Waals surface area contributed by atoms with Crippen molar-refractivity contribution in [3.8, 4) is 0 Å². The van der Waals surface area contributed by atoms with Gasteiger partial charge < -0.3 is 0 Å². The van der Waals surface area contributed by atoms with Gasteiger partial charge in [0.05, 0.1) is 4.55 Å². The van der Waals surface area contributed by atoms with Crippen molar-refractivity contribution in [1.29, 1.82) is 0 Å². The minimum absolute atomic E-state index is 0.876. The van der Waals surface area contributed by atoms with Gasteiger partial charge >= 0.3 is 0 Å². The molecule has 0 spiro atoms. The maximum atomic E-state index is 2.79. The first kappa shape index (κ1) is 13.3. The molecule has 0 saturated carbocycles. The molecule has 0 radical (unpaired) electrons. The normalized spacial score (nSPS) is 37.1. The van der Waals surface area contributed by atoms with Crippen LogP contribution < -0.4 is 0 Å². The summed E-state index contributed by atoms with van der Waals surface area (Å²) in [6.45, 7) is 6.65. The Morgan fingerprint density at radius 3 is 2.24 bits per heavy atom. The van der Waals surface area contributed by atoms with Gasteiger partial charge in [0.15, 0.2) is 0 Å². The molecule has 2 atom stereocenters. The number of piperazine rings is 1. The van der Waals surface area contributed by atoms with Crippen LogP contribution in [0.2, 0.25) is 0 Å². The molecule has 3 saturated heterocycles. The number of fused-ring (bicyclic) bond motifs is 2. The molecule has 3 heterocycles. The van der Waals surface area contributed by atoms with E-state index >= 15 is 0 Å². The van der Waals surface area contributed by atoms with Crippen molar-refractivity contribution >= 4 is 45.5 Å². The standard InChI is InChI=1S/C12H21I2N3/c13-9-16-8-11-5-12(16)7-15(11)6-10-1-3-17(14)4-2-10/h10-12H,1-9H2/t11-,12-/m0/s1. The molecule has 0 aromatic heterocycles. The van der Waals surface area contributed by atoms with Crippen molar-refractivity contribution in [3.05, 3.63) is 0 Å². The number of nitrogens with zero attached hydrogens (tertiary/aromatic N) is 3. The highest BCUT2D eigenvalue weighted by Gasteiger charge is 2.43. The molecule has 0 amide bonds. The van der Waals surface area contributed by atoms with Gasteiger partial charge in [-0.25, -0.2) is 3.11 Å². The molecule has 0 aromatic rings. The summed E-state index contributed by atoms with van der Waals surface area (Å²) in [4.78, 5) is 5.45. The molecule has 3 nitrogen and oxygen atoms in total. The minimum atomic E-state index is 0.876. The van der Waals surface area contributed by atoms with E-state index in [0.29, 0.717) is 0 Å². The molecule has 5 heteroatoms. The Bertz CT molecular complexity index is 268. The first-order valence-corrected chi connectivity index (χ1v) is 9.20. The maximum Gasteiger partial charge on any atom is 0.0509 e. The molecule has 3 fully saturated rings. The molecule has 3 aliphatic heterocycles. The summed E-state index contributed by atoms with van der Waals surface area (Å²) in [6, 6.07) is 1.76. The van der Waals surface area contributed by atoms with Gasteiger partial charge in [-0.15, -0.1) is 0 Å². The molecule has 0 N–H and O–H groups in total. The van der Waals surface area contributed by atoms with Gasteiger partial charge in [0, 0.05) is 67.7 Å². The van der Waals surface area contributed by atoms with Crippen molar-refractivity contribution in [3.63, 3.8) is 0 Å². The SMILES string of the molecule is ICN1C[C@@H]2C[C@H]1CN2CC1CCN(I)CC1. The summed E-state index contributed by atoms with van der Waals surface area (Å²) in [5, 5.41) is 0. The predicted molar refractivity (Wildman–Crippen MR) is 87.7 cm³/mol. The summed E-state index contributed by atoms with van der Waals surface area (Å²) in [5.74, 6) is 0.966. The zero-order valence-electron chi connectivity index (χ0n) is 10.2. The van der Waals surface area contributed by atoms with Crippen molar-refractivity contribution < 1.29 is 0 Å². The van der Waals surface area contributed by atoms with Crippen molar-refractivity contribution in [2.75, 3.05) is 37.3 Å². The summed E-state index contributed by atoms with van der Waals surface area (Å²) in [5.41, 5.74) is 0. The van der Waals surface area contributed by atoms with Crippen LogP contribution in [0.1, 0.15) is 19.3 Å². The molecular formula is C12H21I2N3. The van der Waals surface area contributed by atoms with Crippen LogP contribution in [0.25, 0.3) is 0 Å². The number of halogens is 2. The summed E-state index contributed by atoms with van der Waals surface area (Å²) < 4.78 is 3.67. The summed E-state index contributed by atoms with van der Waals surface area (Å²) >= 11 is 4.98. The van der Waals surface area contributed by atoms with Crippen LogP contribution >= 0.6 is 45.5 Å². The average molecular weight is 461 g/mol. The lowest BCUT2D eigenvalue weighted by molar-refractivity contribution is 0.117. The quantitative estimate of drug-likeness (QED) is 0.277. The highest BCUT2D eigenvalue weighted by Crippen LogP contribution is 2.33. The van der Waals surface area contributed by atoms with Crippen LogP contribution in [0, 0.1) is 5.92 Å². The van der Waals surface area contributed by atoms with E-state index in [1.165, 1.54) is 56.5 Å². The van der Waals surface area contributed by atoms with Crippen LogP contribution in [0.4, 0.5) is 0 Å². The van der Waals surface area contributed by atoms with Crippen LogP contribution in [-0.4, -0.2) is 62.3 Å². The van der Waals surface area contributed by atoms with Crippen LogP contribution in [0.15, 0.2) is 0 Å². The van der Waals surface area contributed by atoms with Gasteiger partial charge in [0.2, 0.25) is 0 Å². The number of hydrogen-bond acceptors (Lipinski definition) is 3. The Kier molecular flexibility index (Phi) is 4.52. The molecule has 98 valence electrons. The Morgan fingerprint density at radius 1 is 1.00 bits per heavy atom. The second-order valence-electron chi connectivity index (χ2n) is 5.74. The highest BCUT2D eigenvalue weighted by molar-refractivity contribution is 14.1. The van der Waals surface area contributed by atoms with E-state index in [0.717, 1.165) is 18.0 Å². The first-order chi connectivity index (χ1) is 8.26. The molecule has 3 aliphatic rings. The van der Waals surface area contributed by atoms with Crippen LogP contribution in [-0.2, 0) is 0 Å². The van der Waals surface area contributed by atoms with E-state index in [9.17, 15) is 0 Å². The second-order valence-corrected chi connectivity index (χ2v) is 7.79. The number of alkyl halides is 1. The van der Waals surface area contributed by atoms with Crippen molar-refractivity contribution in [2.45, 2.75) is 31.3 Å². The molecule has 0 aliphatic carbocycles. The summed E-state index contributed by atoms with van der Waals surface area (Å²) in [6.07, 6.45) is 4.26. The third-order valence-corrected chi connectivity index (χ3v) is 6.51. The van der Waals surface area contributed by atoms with E-state index in [2.05, 4.69) is 58.4 Å². The average Bonchev–Trinajstić information content (AvgIpc) is 2.91. The molecule has 0 aromatic carbocycles. The summed E-state index contributed by atoms with van der Waals surface area (Å²) in [7, 11) is 0. The zero-order chi connectivity index (χ0) is 11.8. The van der Waals surface area contributed by atoms with Gasteiger partial charge in [-0.1, -0.05) is 22.6 Å². The van der Waals surface area contributed by atoms with Crippen molar-refractivity contribution in [2.24, 2.45) is 5.92 Å². The fourth-order valence-electron chi connectivity index (χ4n) is 3.62. The van der Waals surface area contributed by atoms with E-state index in [-0.39, 0.29) is 0 Å². The van der Waals surface area contributed by atoms with E-state index in [1.54, 1.807) is 0 Å². The van der Waals surface area contributed by atoms with E-state index < -0.39 is 0 Å². The number of likely N-dealkylation sites (tertiary alicyclic amines) is 2. The lowest BCUT2D eigenvalue weighted by Crippen LogP contribution is -2.47. The van der Waals surface area contributed by atoms with Crippen molar-refractivity contribution in [1.82, 2.24) is 12.9 Å². The van der Waals surface area contributed by atoms with Gasteiger partial charge in [-0.2, -0.15) is 0 Å². The largest absolute Gasteiger partial charge is 0.297 e.